The lowest BCUT2D eigenvalue weighted by Gasteiger charge is -2.09. The summed E-state index contributed by atoms with van der Waals surface area (Å²) in [4.78, 5) is 0. The molecule has 79 valence electrons. The Labute approximate surface area is 88.0 Å². The van der Waals surface area contributed by atoms with E-state index in [-0.39, 0.29) is 12.6 Å². The van der Waals surface area contributed by atoms with Gasteiger partial charge in [0.25, 0.3) is 0 Å². The number of hydrogen-bond acceptors (Lipinski definition) is 4. The third-order valence-corrected chi connectivity index (χ3v) is 4.42. The van der Waals surface area contributed by atoms with Crippen LogP contribution in [0.15, 0.2) is 21.7 Å². The van der Waals surface area contributed by atoms with Crippen molar-refractivity contribution < 1.29 is 13.2 Å². The van der Waals surface area contributed by atoms with Crippen LogP contribution in [0.1, 0.15) is 0 Å². The number of ether oxygens (including phenoxy) is 1. The van der Waals surface area contributed by atoms with Gasteiger partial charge in [0.05, 0.1) is 6.10 Å². The monoisotopic (exact) mass is 234 g/mol. The van der Waals surface area contributed by atoms with E-state index in [1.807, 2.05) is 0 Å². The lowest BCUT2D eigenvalue weighted by atomic mass is 10.4. The number of sulfonamides is 1. The molecule has 1 aromatic heterocycles. The molecule has 14 heavy (non-hydrogen) atoms. The molecule has 1 rings (SSSR count). The van der Waals surface area contributed by atoms with Crippen molar-refractivity contribution in [1.82, 2.24) is 4.72 Å². The predicted molar refractivity (Wildman–Crippen MR) is 55.7 cm³/mol. The van der Waals surface area contributed by atoms with Crippen molar-refractivity contribution in [3.05, 3.63) is 24.4 Å². The highest BCUT2D eigenvalue weighted by molar-refractivity contribution is 7.91. The number of nitrogens with one attached hydrogen (secondary N) is 1. The first kappa shape index (κ1) is 11.6. The minimum atomic E-state index is -3.37. The van der Waals surface area contributed by atoms with Gasteiger partial charge in [0, 0.05) is 13.7 Å². The number of thiophene rings is 1. The molecule has 0 aliphatic carbocycles. The third-order valence-electron chi connectivity index (χ3n) is 1.59. The van der Waals surface area contributed by atoms with Gasteiger partial charge in [-0.05, 0) is 18.4 Å². The summed E-state index contributed by atoms with van der Waals surface area (Å²) in [5.41, 5.74) is 0. The zero-order chi connectivity index (χ0) is 10.6. The molecule has 6 heteroatoms. The van der Waals surface area contributed by atoms with Crippen LogP contribution in [0.4, 0.5) is 0 Å². The highest BCUT2D eigenvalue weighted by Crippen LogP contribution is 2.14. The van der Waals surface area contributed by atoms with E-state index in [0.717, 1.165) is 0 Å². The molecule has 1 radical (unpaired) electrons. The van der Waals surface area contributed by atoms with Crippen LogP contribution in [0.5, 0.6) is 0 Å². The van der Waals surface area contributed by atoms with Gasteiger partial charge in [0.2, 0.25) is 10.0 Å². The molecule has 4 nitrogen and oxygen atoms in total. The van der Waals surface area contributed by atoms with Crippen LogP contribution in [-0.2, 0) is 14.8 Å². The van der Waals surface area contributed by atoms with Crippen LogP contribution in [-0.4, -0.2) is 28.2 Å². The second kappa shape index (κ2) is 4.88. The fourth-order valence-electron chi connectivity index (χ4n) is 0.774. The molecule has 1 unspecified atom stereocenters. The van der Waals surface area contributed by atoms with Crippen molar-refractivity contribution in [2.45, 2.75) is 10.3 Å². The van der Waals surface area contributed by atoms with E-state index in [1.165, 1.54) is 18.4 Å². The van der Waals surface area contributed by atoms with E-state index in [2.05, 4.69) is 11.6 Å². The van der Waals surface area contributed by atoms with Gasteiger partial charge in [-0.1, -0.05) is 6.07 Å². The predicted octanol–water partition coefficient (Wildman–Crippen LogP) is 0.875. The van der Waals surface area contributed by atoms with Gasteiger partial charge in [0.15, 0.2) is 0 Å². The van der Waals surface area contributed by atoms with Crippen LogP contribution in [0.3, 0.4) is 0 Å². The Kier molecular flexibility index (Phi) is 4.06. The van der Waals surface area contributed by atoms with E-state index >= 15 is 0 Å². The Balaban J connectivity index is 2.60. The highest BCUT2D eigenvalue weighted by Gasteiger charge is 2.15. The Hall–Kier alpha value is -0.430. The van der Waals surface area contributed by atoms with Crippen LogP contribution in [0.2, 0.25) is 0 Å². The molecule has 0 amide bonds. The van der Waals surface area contributed by atoms with Crippen molar-refractivity contribution in [3.63, 3.8) is 0 Å². The SMILES string of the molecule is [CH2]C(CNS(=O)(=O)c1cccs1)OC. The van der Waals surface area contributed by atoms with Crippen LogP contribution in [0.25, 0.3) is 0 Å². The largest absolute Gasteiger partial charge is 0.380 e. The number of methoxy groups -OCH3 is 1. The van der Waals surface area contributed by atoms with Gasteiger partial charge in [-0.25, -0.2) is 13.1 Å². The first-order chi connectivity index (χ1) is 6.56. The second-order valence-electron chi connectivity index (χ2n) is 2.64. The molecule has 0 bridgehead atoms. The molecule has 0 aliphatic rings. The third kappa shape index (κ3) is 3.06. The summed E-state index contributed by atoms with van der Waals surface area (Å²) in [6.07, 6.45) is -0.371. The summed E-state index contributed by atoms with van der Waals surface area (Å²) in [6.45, 7) is 3.77. The van der Waals surface area contributed by atoms with Gasteiger partial charge in [0.1, 0.15) is 4.21 Å². The summed E-state index contributed by atoms with van der Waals surface area (Å²) in [5, 5.41) is 1.71. The summed E-state index contributed by atoms with van der Waals surface area (Å²) >= 11 is 1.18. The number of rotatable bonds is 5. The van der Waals surface area contributed by atoms with E-state index in [0.29, 0.717) is 4.21 Å². The van der Waals surface area contributed by atoms with Crippen molar-refractivity contribution in [2.75, 3.05) is 13.7 Å². The van der Waals surface area contributed by atoms with Crippen molar-refractivity contribution >= 4 is 21.4 Å². The van der Waals surface area contributed by atoms with Crippen molar-refractivity contribution in [3.8, 4) is 0 Å². The molecule has 0 fully saturated rings. The molecule has 1 heterocycles. The van der Waals surface area contributed by atoms with Gasteiger partial charge in [-0.2, -0.15) is 0 Å². The highest BCUT2D eigenvalue weighted by atomic mass is 32.2. The summed E-state index contributed by atoms with van der Waals surface area (Å²) < 4.78 is 30.6. The first-order valence-electron chi connectivity index (χ1n) is 3.95. The maximum absolute atomic E-state index is 11.5. The molecular formula is C8H12NO3S2. The van der Waals surface area contributed by atoms with Gasteiger partial charge < -0.3 is 4.74 Å². The molecule has 1 atom stereocenters. The first-order valence-corrected chi connectivity index (χ1v) is 6.31. The molecule has 0 aliphatic heterocycles. The van der Waals surface area contributed by atoms with Gasteiger partial charge >= 0.3 is 0 Å². The molecule has 1 aromatic rings. The van der Waals surface area contributed by atoms with Gasteiger partial charge in [-0.15, -0.1) is 11.3 Å². The number of hydrogen-bond donors (Lipinski definition) is 1. The van der Waals surface area contributed by atoms with Crippen LogP contribution >= 0.6 is 11.3 Å². The summed E-state index contributed by atoms with van der Waals surface area (Å²) in [7, 11) is -1.89. The van der Waals surface area contributed by atoms with E-state index in [1.54, 1.807) is 17.5 Å². The maximum Gasteiger partial charge on any atom is 0.250 e. The Morgan fingerprint density at radius 3 is 2.93 bits per heavy atom. The molecule has 0 saturated carbocycles. The van der Waals surface area contributed by atoms with E-state index < -0.39 is 10.0 Å². The molecule has 0 saturated heterocycles. The van der Waals surface area contributed by atoms with Crippen LogP contribution in [0, 0.1) is 6.92 Å². The Morgan fingerprint density at radius 2 is 2.43 bits per heavy atom. The minimum absolute atomic E-state index is 0.177. The zero-order valence-corrected chi connectivity index (χ0v) is 9.40. The van der Waals surface area contributed by atoms with E-state index in [9.17, 15) is 8.42 Å². The maximum atomic E-state index is 11.5. The van der Waals surface area contributed by atoms with Crippen molar-refractivity contribution in [1.29, 1.82) is 0 Å². The van der Waals surface area contributed by atoms with E-state index in [4.69, 9.17) is 4.74 Å². The Morgan fingerprint density at radius 1 is 1.71 bits per heavy atom. The molecule has 1 N–H and O–H groups in total. The second-order valence-corrected chi connectivity index (χ2v) is 5.58. The average Bonchev–Trinajstić information content (AvgIpc) is 2.67. The molecule has 0 spiro atoms. The molecular weight excluding hydrogens is 222 g/mol. The zero-order valence-electron chi connectivity index (χ0n) is 7.76. The standard InChI is InChI=1S/C8H12NO3S2/c1-7(12-2)6-9-14(10,11)8-4-3-5-13-8/h3-5,7,9H,1,6H2,2H3. The average molecular weight is 234 g/mol. The van der Waals surface area contributed by atoms with Crippen molar-refractivity contribution in [2.24, 2.45) is 0 Å². The lowest BCUT2D eigenvalue weighted by Crippen LogP contribution is -2.31. The fraction of sp³-hybridized carbons (Fsp3) is 0.375. The minimum Gasteiger partial charge on any atom is -0.380 e. The van der Waals surface area contributed by atoms with Crippen LogP contribution < -0.4 is 4.72 Å². The molecule has 0 aromatic carbocycles. The summed E-state index contributed by atoms with van der Waals surface area (Å²) in [5.74, 6) is 0. The topological polar surface area (TPSA) is 55.4 Å². The Bertz CT molecular complexity index is 358. The summed E-state index contributed by atoms with van der Waals surface area (Å²) in [6, 6.07) is 3.25. The quantitative estimate of drug-likeness (QED) is 0.822. The lowest BCUT2D eigenvalue weighted by molar-refractivity contribution is 0.142. The fourth-order valence-corrected chi connectivity index (χ4v) is 2.88. The smallest absolute Gasteiger partial charge is 0.250 e. The normalized spacial score (nSPS) is 14.1. The van der Waals surface area contributed by atoms with Gasteiger partial charge in [-0.3, -0.25) is 0 Å².